The Balaban J connectivity index is 1.91. The van der Waals surface area contributed by atoms with Gasteiger partial charge in [0.25, 0.3) is 0 Å². The highest BCUT2D eigenvalue weighted by molar-refractivity contribution is 7.49. The highest BCUT2D eigenvalue weighted by Gasteiger charge is 2.31. The first-order valence-corrected chi connectivity index (χ1v) is 11.3. The molecule has 0 saturated heterocycles. The molecule has 1 atom stereocenters. The van der Waals surface area contributed by atoms with Gasteiger partial charge in [-0.2, -0.15) is 0 Å². The maximum Gasteiger partial charge on any atom is 0.587 e. The second kappa shape index (κ2) is 11.8. The van der Waals surface area contributed by atoms with Crippen LogP contribution in [-0.4, -0.2) is 6.61 Å². The summed E-state index contributed by atoms with van der Waals surface area (Å²) in [6, 6.07) is 16.4. The van der Waals surface area contributed by atoms with Gasteiger partial charge in [-0.15, -0.1) is 0 Å². The normalized spacial score (nSPS) is 13.1. The SMILES string of the molecule is CCCCCCCCCOP(=O)(Oc1ccccc1)Oc1ccccc1C. The second-order valence-corrected chi connectivity index (χ2v) is 8.18. The van der Waals surface area contributed by atoms with Crippen molar-refractivity contribution in [2.75, 3.05) is 6.61 Å². The van der Waals surface area contributed by atoms with Crippen molar-refractivity contribution in [2.24, 2.45) is 0 Å². The van der Waals surface area contributed by atoms with Crippen molar-refractivity contribution in [2.45, 2.75) is 58.8 Å². The maximum atomic E-state index is 13.2. The molecule has 148 valence electrons. The quantitative estimate of drug-likeness (QED) is 0.265. The van der Waals surface area contributed by atoms with Gasteiger partial charge in [0.05, 0.1) is 6.61 Å². The Kier molecular flexibility index (Phi) is 9.44. The van der Waals surface area contributed by atoms with Gasteiger partial charge < -0.3 is 9.05 Å². The molecule has 0 aliphatic heterocycles. The van der Waals surface area contributed by atoms with E-state index in [1.165, 1.54) is 32.1 Å². The molecule has 4 nitrogen and oxygen atoms in total. The van der Waals surface area contributed by atoms with E-state index in [1.807, 2.05) is 43.3 Å². The summed E-state index contributed by atoms with van der Waals surface area (Å²) in [5.41, 5.74) is 0.883. The largest absolute Gasteiger partial charge is 0.587 e. The van der Waals surface area contributed by atoms with Crippen LogP contribution in [0.3, 0.4) is 0 Å². The Morgan fingerprint density at radius 1 is 0.778 bits per heavy atom. The Labute approximate surface area is 163 Å². The van der Waals surface area contributed by atoms with Crippen molar-refractivity contribution in [1.82, 2.24) is 0 Å². The molecule has 0 aliphatic carbocycles. The van der Waals surface area contributed by atoms with E-state index in [0.717, 1.165) is 18.4 Å². The summed E-state index contributed by atoms with van der Waals surface area (Å²) in [4.78, 5) is 0. The highest BCUT2D eigenvalue weighted by atomic mass is 31.2. The summed E-state index contributed by atoms with van der Waals surface area (Å²) in [7, 11) is -3.76. The van der Waals surface area contributed by atoms with Crippen LogP contribution in [-0.2, 0) is 9.09 Å². The van der Waals surface area contributed by atoms with Gasteiger partial charge in [0, 0.05) is 0 Å². The first kappa shape index (κ1) is 21.5. The zero-order chi connectivity index (χ0) is 19.4. The number of benzene rings is 2. The van der Waals surface area contributed by atoms with E-state index in [4.69, 9.17) is 13.6 Å². The van der Waals surface area contributed by atoms with Gasteiger partial charge in [0.1, 0.15) is 11.5 Å². The number of phosphoric ester groups is 1. The van der Waals surface area contributed by atoms with E-state index in [1.54, 1.807) is 18.2 Å². The first-order valence-electron chi connectivity index (χ1n) is 9.87. The Bertz CT molecular complexity index is 702. The third-order valence-corrected chi connectivity index (χ3v) is 5.61. The van der Waals surface area contributed by atoms with Crippen molar-refractivity contribution in [3.05, 3.63) is 60.2 Å². The van der Waals surface area contributed by atoms with Crippen LogP contribution < -0.4 is 9.05 Å². The summed E-state index contributed by atoms with van der Waals surface area (Å²) >= 11 is 0. The molecular formula is C22H31O4P. The smallest absolute Gasteiger partial charge is 0.395 e. The molecule has 1 unspecified atom stereocenters. The molecule has 0 amide bonds. The Morgan fingerprint density at radius 2 is 1.41 bits per heavy atom. The summed E-state index contributed by atoms with van der Waals surface area (Å²) in [5, 5.41) is 0. The third-order valence-electron chi connectivity index (χ3n) is 4.26. The molecule has 0 aliphatic rings. The van der Waals surface area contributed by atoms with Gasteiger partial charge in [-0.3, -0.25) is 4.52 Å². The summed E-state index contributed by atoms with van der Waals surface area (Å²) < 4.78 is 30.2. The molecule has 0 radical (unpaired) electrons. The molecule has 0 spiro atoms. The van der Waals surface area contributed by atoms with Crippen molar-refractivity contribution in [3.63, 3.8) is 0 Å². The van der Waals surface area contributed by atoms with E-state index in [0.29, 0.717) is 18.1 Å². The molecule has 0 heterocycles. The summed E-state index contributed by atoms with van der Waals surface area (Å²) in [6.45, 7) is 4.47. The maximum absolute atomic E-state index is 13.2. The molecule has 27 heavy (non-hydrogen) atoms. The lowest BCUT2D eigenvalue weighted by atomic mass is 10.1. The van der Waals surface area contributed by atoms with Gasteiger partial charge in [0.15, 0.2) is 0 Å². The summed E-state index contributed by atoms with van der Waals surface area (Å²) in [6.07, 6.45) is 8.13. The minimum absolute atomic E-state index is 0.351. The molecular weight excluding hydrogens is 359 g/mol. The zero-order valence-electron chi connectivity index (χ0n) is 16.4. The van der Waals surface area contributed by atoms with Crippen LogP contribution >= 0.6 is 7.82 Å². The predicted molar refractivity (Wildman–Crippen MR) is 110 cm³/mol. The number of phosphoric acid groups is 1. The third kappa shape index (κ3) is 8.19. The van der Waals surface area contributed by atoms with Gasteiger partial charge in [-0.25, -0.2) is 4.57 Å². The van der Waals surface area contributed by atoms with Crippen molar-refractivity contribution < 1.29 is 18.1 Å². The van der Waals surface area contributed by atoms with E-state index >= 15 is 0 Å². The van der Waals surface area contributed by atoms with Crippen molar-refractivity contribution in [3.8, 4) is 11.5 Å². The Morgan fingerprint density at radius 3 is 2.11 bits per heavy atom. The topological polar surface area (TPSA) is 44.8 Å². The number of unbranched alkanes of at least 4 members (excludes halogenated alkanes) is 6. The second-order valence-electron chi connectivity index (χ2n) is 6.66. The number of rotatable bonds is 13. The van der Waals surface area contributed by atoms with Crippen LogP contribution in [0.2, 0.25) is 0 Å². The van der Waals surface area contributed by atoms with Crippen LogP contribution in [0.15, 0.2) is 54.6 Å². The standard InChI is InChI=1S/C22H31O4P/c1-3-4-5-6-7-8-14-19-24-27(23,25-21-16-10-9-11-17-21)26-22-18-13-12-15-20(22)2/h9-13,15-18H,3-8,14,19H2,1-2H3. The van der Waals surface area contributed by atoms with Gasteiger partial charge >= 0.3 is 7.82 Å². The number of aryl methyl sites for hydroxylation is 1. The highest BCUT2D eigenvalue weighted by Crippen LogP contribution is 2.50. The lowest BCUT2D eigenvalue weighted by molar-refractivity contribution is 0.205. The fourth-order valence-electron chi connectivity index (χ4n) is 2.70. The molecule has 0 bridgehead atoms. The van der Waals surface area contributed by atoms with Crippen LogP contribution in [0.4, 0.5) is 0 Å². The van der Waals surface area contributed by atoms with Crippen molar-refractivity contribution >= 4 is 7.82 Å². The molecule has 0 fully saturated rings. The lowest BCUT2D eigenvalue weighted by Crippen LogP contribution is -2.07. The Hall–Kier alpha value is -1.77. The number of para-hydroxylation sites is 2. The molecule has 0 saturated carbocycles. The van der Waals surface area contributed by atoms with Gasteiger partial charge in [-0.1, -0.05) is 81.8 Å². The molecule has 5 heteroatoms. The molecule has 2 aromatic carbocycles. The number of hydrogen-bond acceptors (Lipinski definition) is 4. The molecule has 2 rings (SSSR count). The molecule has 0 N–H and O–H groups in total. The van der Waals surface area contributed by atoms with Crippen LogP contribution in [0.25, 0.3) is 0 Å². The fourth-order valence-corrected chi connectivity index (χ4v) is 4.02. The van der Waals surface area contributed by atoms with E-state index in [2.05, 4.69) is 6.92 Å². The molecule has 0 aromatic heterocycles. The zero-order valence-corrected chi connectivity index (χ0v) is 17.3. The van der Waals surface area contributed by atoms with Crippen molar-refractivity contribution in [1.29, 1.82) is 0 Å². The number of hydrogen-bond donors (Lipinski definition) is 0. The van der Waals surface area contributed by atoms with Gasteiger partial charge in [0.2, 0.25) is 0 Å². The molecule has 2 aromatic rings. The lowest BCUT2D eigenvalue weighted by Gasteiger charge is -2.20. The first-order chi connectivity index (χ1) is 13.1. The van der Waals surface area contributed by atoms with Crippen LogP contribution in [0.5, 0.6) is 11.5 Å². The van der Waals surface area contributed by atoms with Crippen LogP contribution in [0.1, 0.15) is 57.4 Å². The average molecular weight is 390 g/mol. The van der Waals surface area contributed by atoms with E-state index in [-0.39, 0.29) is 0 Å². The minimum Gasteiger partial charge on any atom is -0.395 e. The monoisotopic (exact) mass is 390 g/mol. The van der Waals surface area contributed by atoms with Crippen LogP contribution in [0, 0.1) is 6.92 Å². The average Bonchev–Trinajstić information content (AvgIpc) is 2.67. The van der Waals surface area contributed by atoms with Gasteiger partial charge in [-0.05, 0) is 37.1 Å². The summed E-state index contributed by atoms with van der Waals surface area (Å²) in [5.74, 6) is 0.977. The minimum atomic E-state index is -3.76. The fraction of sp³-hybridized carbons (Fsp3) is 0.455. The predicted octanol–water partition coefficient (Wildman–Crippen LogP) is 7.33. The van der Waals surface area contributed by atoms with E-state index in [9.17, 15) is 4.57 Å². The van der Waals surface area contributed by atoms with E-state index < -0.39 is 7.82 Å².